The lowest BCUT2D eigenvalue weighted by Crippen LogP contribution is -2.07. The number of carbonyl (C=O) groups excluding carboxylic acids is 1. The Morgan fingerprint density at radius 3 is 2.55 bits per heavy atom. The lowest BCUT2D eigenvalue weighted by molar-refractivity contribution is -0.384. The van der Waals surface area contributed by atoms with Gasteiger partial charge in [-0.15, -0.1) is 0 Å². The van der Waals surface area contributed by atoms with Gasteiger partial charge in [-0.25, -0.2) is 0 Å². The molecule has 0 saturated heterocycles. The van der Waals surface area contributed by atoms with Crippen LogP contribution in [0.15, 0.2) is 65.1 Å². The second-order valence-corrected chi connectivity index (χ2v) is 7.25. The number of rotatable bonds is 7. The molecule has 7 heteroatoms. The average Bonchev–Trinajstić information content (AvgIpc) is 2.69. The van der Waals surface area contributed by atoms with Crippen molar-refractivity contribution >= 4 is 38.8 Å². The number of hydrogen-bond acceptors (Lipinski definition) is 5. The molecule has 0 fully saturated rings. The summed E-state index contributed by atoms with van der Waals surface area (Å²) in [4.78, 5) is 23.9. The molecule has 0 heterocycles. The van der Waals surface area contributed by atoms with Crippen LogP contribution in [-0.2, 0) is 0 Å². The van der Waals surface area contributed by atoms with E-state index in [0.29, 0.717) is 39.3 Å². The van der Waals surface area contributed by atoms with Crippen LogP contribution in [0.3, 0.4) is 0 Å². The monoisotopic (exact) mass is 454 g/mol. The van der Waals surface area contributed by atoms with E-state index in [1.165, 1.54) is 6.07 Å². The first-order valence-corrected chi connectivity index (χ1v) is 9.78. The summed E-state index contributed by atoms with van der Waals surface area (Å²) in [7, 11) is 0. The molecule has 0 bridgehead atoms. The maximum Gasteiger partial charge on any atom is 0.293 e. The molecule has 0 saturated carbocycles. The van der Waals surface area contributed by atoms with Gasteiger partial charge in [-0.05, 0) is 43.7 Å². The second kappa shape index (κ2) is 8.87. The van der Waals surface area contributed by atoms with Crippen molar-refractivity contribution in [2.45, 2.75) is 13.8 Å². The Morgan fingerprint density at radius 1 is 1.10 bits per heavy atom. The Kier molecular flexibility index (Phi) is 6.29. The fraction of sp³-hybridized carbons (Fsp3) is 0.136. The quantitative estimate of drug-likeness (QED) is 0.267. The highest BCUT2D eigenvalue weighted by atomic mass is 79.9. The second-order valence-electron chi connectivity index (χ2n) is 6.33. The number of ether oxygens (including phenoxy) is 1. The summed E-state index contributed by atoms with van der Waals surface area (Å²) in [6, 6.07) is 17.2. The number of anilines is 2. The number of nitro groups is 1. The number of carbonyl (C=O) groups is 1. The normalized spacial score (nSPS) is 10.4. The van der Waals surface area contributed by atoms with Crippen molar-refractivity contribution in [3.05, 3.63) is 91.9 Å². The number of hydrogen-bond donors (Lipinski definition) is 1. The highest BCUT2D eigenvalue weighted by Gasteiger charge is 2.19. The predicted octanol–water partition coefficient (Wildman–Crippen LogP) is 6.04. The van der Waals surface area contributed by atoms with Crippen LogP contribution in [0.4, 0.5) is 17.1 Å². The molecule has 0 radical (unpaired) electrons. The number of aryl methyl sites for hydroxylation is 1. The summed E-state index contributed by atoms with van der Waals surface area (Å²) < 4.78 is 6.31. The van der Waals surface area contributed by atoms with Crippen molar-refractivity contribution < 1.29 is 14.5 Å². The first-order valence-electron chi connectivity index (χ1n) is 8.99. The van der Waals surface area contributed by atoms with Gasteiger partial charge in [0.15, 0.2) is 5.78 Å². The summed E-state index contributed by atoms with van der Waals surface area (Å²) in [5, 5.41) is 14.4. The fourth-order valence-electron chi connectivity index (χ4n) is 2.95. The maximum atomic E-state index is 13.0. The van der Waals surface area contributed by atoms with E-state index in [0.717, 1.165) is 5.56 Å². The minimum Gasteiger partial charge on any atom is -0.493 e. The molecule has 3 rings (SSSR count). The summed E-state index contributed by atoms with van der Waals surface area (Å²) in [5.74, 6) is 0.290. The van der Waals surface area contributed by atoms with Crippen molar-refractivity contribution in [1.29, 1.82) is 0 Å². The summed E-state index contributed by atoms with van der Waals surface area (Å²) >= 11 is 3.25. The Balaban J connectivity index is 1.98. The highest BCUT2D eigenvalue weighted by molar-refractivity contribution is 9.10. The van der Waals surface area contributed by atoms with Gasteiger partial charge in [0.2, 0.25) is 0 Å². The van der Waals surface area contributed by atoms with Crippen LogP contribution >= 0.6 is 15.9 Å². The summed E-state index contributed by atoms with van der Waals surface area (Å²) in [6.45, 7) is 4.10. The maximum absolute atomic E-state index is 13.0. The number of nitro benzene ring substituents is 1. The molecule has 0 unspecified atom stereocenters. The van der Waals surface area contributed by atoms with E-state index in [-0.39, 0.29) is 11.5 Å². The number of benzene rings is 3. The molecule has 1 N–H and O–H groups in total. The SMILES string of the molecule is CCOc1cc(Nc2ccc(Br)cc2[N+](=O)[O-])ccc1C(=O)c1ccccc1C. The molecule has 0 atom stereocenters. The third-order valence-corrected chi connectivity index (χ3v) is 4.84. The number of nitrogens with one attached hydrogen (secondary N) is 1. The Morgan fingerprint density at radius 2 is 1.86 bits per heavy atom. The summed E-state index contributed by atoms with van der Waals surface area (Å²) in [5.41, 5.74) is 2.80. The molecule has 6 nitrogen and oxygen atoms in total. The van der Waals surface area contributed by atoms with Crippen molar-refractivity contribution in [2.75, 3.05) is 11.9 Å². The molecule has 3 aromatic carbocycles. The van der Waals surface area contributed by atoms with Crippen LogP contribution in [0, 0.1) is 17.0 Å². The fourth-order valence-corrected chi connectivity index (χ4v) is 3.30. The lowest BCUT2D eigenvalue weighted by atomic mass is 9.98. The topological polar surface area (TPSA) is 81.5 Å². The molecule has 0 aliphatic heterocycles. The van der Waals surface area contributed by atoms with Crippen LogP contribution < -0.4 is 10.1 Å². The third kappa shape index (κ3) is 4.63. The van der Waals surface area contributed by atoms with Crippen LogP contribution in [0.25, 0.3) is 0 Å². The standard InChI is InChI=1S/C22H19BrN2O4/c1-3-29-21-13-16(24-19-11-8-15(23)12-20(19)25(27)28)9-10-18(21)22(26)17-7-5-4-6-14(17)2/h4-13,24H,3H2,1-2H3. The van der Waals surface area contributed by atoms with E-state index < -0.39 is 4.92 Å². The first-order chi connectivity index (χ1) is 13.9. The van der Waals surface area contributed by atoms with Gasteiger partial charge in [-0.3, -0.25) is 14.9 Å². The Labute approximate surface area is 176 Å². The number of nitrogens with zero attached hydrogens (tertiary/aromatic N) is 1. The smallest absolute Gasteiger partial charge is 0.293 e. The molecule has 148 valence electrons. The van der Waals surface area contributed by atoms with Crippen LogP contribution in [0.1, 0.15) is 28.4 Å². The van der Waals surface area contributed by atoms with Gasteiger partial charge in [0, 0.05) is 27.9 Å². The molecule has 29 heavy (non-hydrogen) atoms. The van der Waals surface area contributed by atoms with Gasteiger partial charge >= 0.3 is 0 Å². The Hall–Kier alpha value is -3.19. The van der Waals surface area contributed by atoms with E-state index in [1.54, 1.807) is 36.4 Å². The van der Waals surface area contributed by atoms with Gasteiger partial charge in [0.05, 0.1) is 17.1 Å². The van der Waals surface area contributed by atoms with Crippen molar-refractivity contribution in [3.63, 3.8) is 0 Å². The van der Waals surface area contributed by atoms with Gasteiger partial charge in [-0.2, -0.15) is 0 Å². The molecule has 3 aromatic rings. The molecule has 0 amide bonds. The van der Waals surface area contributed by atoms with E-state index in [4.69, 9.17) is 4.74 Å². The first kappa shape index (κ1) is 20.5. The molecule has 0 aliphatic rings. The molecular weight excluding hydrogens is 436 g/mol. The van der Waals surface area contributed by atoms with Crippen LogP contribution in [0.2, 0.25) is 0 Å². The summed E-state index contributed by atoms with van der Waals surface area (Å²) in [6.07, 6.45) is 0. The van der Waals surface area contributed by atoms with Gasteiger partial charge in [-0.1, -0.05) is 40.2 Å². The zero-order valence-electron chi connectivity index (χ0n) is 15.9. The molecular formula is C22H19BrN2O4. The largest absolute Gasteiger partial charge is 0.493 e. The van der Waals surface area contributed by atoms with Crippen molar-refractivity contribution in [3.8, 4) is 5.75 Å². The predicted molar refractivity (Wildman–Crippen MR) is 116 cm³/mol. The van der Waals surface area contributed by atoms with E-state index in [2.05, 4.69) is 21.2 Å². The Bertz CT molecular complexity index is 1080. The lowest BCUT2D eigenvalue weighted by Gasteiger charge is -2.14. The van der Waals surface area contributed by atoms with Crippen LogP contribution in [-0.4, -0.2) is 17.3 Å². The van der Waals surface area contributed by atoms with Gasteiger partial charge < -0.3 is 10.1 Å². The van der Waals surface area contributed by atoms with E-state index >= 15 is 0 Å². The van der Waals surface area contributed by atoms with Gasteiger partial charge in [0.1, 0.15) is 11.4 Å². The van der Waals surface area contributed by atoms with Crippen molar-refractivity contribution in [1.82, 2.24) is 0 Å². The zero-order chi connectivity index (χ0) is 21.0. The average molecular weight is 455 g/mol. The van der Waals surface area contributed by atoms with E-state index in [9.17, 15) is 14.9 Å². The zero-order valence-corrected chi connectivity index (χ0v) is 17.5. The number of halogens is 1. The minimum absolute atomic E-state index is 0.0580. The van der Waals surface area contributed by atoms with Crippen molar-refractivity contribution in [2.24, 2.45) is 0 Å². The van der Waals surface area contributed by atoms with Gasteiger partial charge in [0.25, 0.3) is 5.69 Å². The third-order valence-electron chi connectivity index (χ3n) is 4.35. The minimum atomic E-state index is -0.452. The number of ketones is 1. The molecule has 0 aromatic heterocycles. The molecule has 0 spiro atoms. The van der Waals surface area contributed by atoms with E-state index in [1.807, 2.05) is 32.0 Å². The van der Waals surface area contributed by atoms with Crippen LogP contribution in [0.5, 0.6) is 5.75 Å². The highest BCUT2D eigenvalue weighted by Crippen LogP contribution is 2.33. The molecule has 0 aliphatic carbocycles.